The molecule has 84 valence electrons. The summed E-state index contributed by atoms with van der Waals surface area (Å²) in [6.07, 6.45) is 0. The Morgan fingerprint density at radius 3 is 1.94 bits per heavy atom. The van der Waals surface area contributed by atoms with Crippen LogP contribution in [0.3, 0.4) is 0 Å². The van der Waals surface area contributed by atoms with Crippen LogP contribution in [0, 0.1) is 11.3 Å². The molecule has 0 aliphatic carbocycles. The predicted molar refractivity (Wildman–Crippen MR) is 63.6 cm³/mol. The molecule has 0 aliphatic heterocycles. The molecule has 3 heteroatoms. The Morgan fingerprint density at radius 1 is 0.941 bits per heavy atom. The first-order valence-electron chi connectivity index (χ1n) is 5.19. The van der Waals surface area contributed by atoms with Crippen LogP contribution >= 0.6 is 0 Å². The Morgan fingerprint density at radius 2 is 1.47 bits per heavy atom. The largest absolute Gasteiger partial charge is 0.457 e. The average Bonchev–Trinajstić information content (AvgIpc) is 2.40. The van der Waals surface area contributed by atoms with Gasteiger partial charge < -0.3 is 9.84 Å². The van der Waals surface area contributed by atoms with Gasteiger partial charge in [0.25, 0.3) is 0 Å². The smallest absolute Gasteiger partial charge is 0.127 e. The SMILES string of the molecule is N#Cc1ccc(Oc2ccc(CO)cc2)cc1. The van der Waals surface area contributed by atoms with E-state index in [4.69, 9.17) is 15.1 Å². The van der Waals surface area contributed by atoms with Crippen LogP contribution in [0.2, 0.25) is 0 Å². The molecule has 0 heterocycles. The van der Waals surface area contributed by atoms with Crippen molar-refractivity contribution < 1.29 is 9.84 Å². The second kappa shape index (κ2) is 5.15. The average molecular weight is 225 g/mol. The zero-order valence-corrected chi connectivity index (χ0v) is 9.13. The van der Waals surface area contributed by atoms with Gasteiger partial charge in [0.05, 0.1) is 18.2 Å². The zero-order chi connectivity index (χ0) is 12.1. The van der Waals surface area contributed by atoms with Gasteiger partial charge in [0, 0.05) is 0 Å². The van der Waals surface area contributed by atoms with E-state index < -0.39 is 0 Å². The Kier molecular flexibility index (Phi) is 3.39. The van der Waals surface area contributed by atoms with Gasteiger partial charge in [0.1, 0.15) is 11.5 Å². The summed E-state index contributed by atoms with van der Waals surface area (Å²) >= 11 is 0. The van der Waals surface area contributed by atoms with E-state index in [0.29, 0.717) is 17.1 Å². The van der Waals surface area contributed by atoms with Gasteiger partial charge in [-0.2, -0.15) is 5.26 Å². The van der Waals surface area contributed by atoms with E-state index in [0.717, 1.165) is 5.56 Å². The van der Waals surface area contributed by atoms with Crippen molar-refractivity contribution in [1.82, 2.24) is 0 Å². The molecule has 0 aromatic heterocycles. The topological polar surface area (TPSA) is 53.2 Å². The molecule has 2 aromatic carbocycles. The van der Waals surface area contributed by atoms with Crippen molar-refractivity contribution in [3.8, 4) is 17.6 Å². The Labute approximate surface area is 99.5 Å². The number of nitriles is 1. The van der Waals surface area contributed by atoms with Crippen molar-refractivity contribution in [3.63, 3.8) is 0 Å². The first kappa shape index (κ1) is 11.2. The molecule has 0 saturated heterocycles. The molecule has 0 spiro atoms. The minimum Gasteiger partial charge on any atom is -0.457 e. The molecule has 0 radical (unpaired) electrons. The monoisotopic (exact) mass is 225 g/mol. The van der Waals surface area contributed by atoms with Crippen LogP contribution in [0.4, 0.5) is 0 Å². The zero-order valence-electron chi connectivity index (χ0n) is 9.13. The number of aliphatic hydroxyl groups excluding tert-OH is 1. The molecule has 0 saturated carbocycles. The van der Waals surface area contributed by atoms with Gasteiger partial charge in [-0.25, -0.2) is 0 Å². The second-order valence-corrected chi connectivity index (χ2v) is 3.54. The third kappa shape index (κ3) is 2.83. The lowest BCUT2D eigenvalue weighted by molar-refractivity contribution is 0.281. The van der Waals surface area contributed by atoms with Crippen LogP contribution in [0.25, 0.3) is 0 Å². The maximum absolute atomic E-state index is 8.90. The summed E-state index contributed by atoms with van der Waals surface area (Å²) in [7, 11) is 0. The minimum absolute atomic E-state index is 0.0249. The number of nitrogens with zero attached hydrogens (tertiary/aromatic N) is 1. The Bertz CT molecular complexity index is 524. The third-order valence-corrected chi connectivity index (χ3v) is 2.33. The number of benzene rings is 2. The maximum Gasteiger partial charge on any atom is 0.127 e. The number of rotatable bonds is 3. The normalized spacial score (nSPS) is 9.65. The summed E-state index contributed by atoms with van der Waals surface area (Å²) in [6.45, 7) is 0.0249. The van der Waals surface area contributed by atoms with E-state index >= 15 is 0 Å². The van der Waals surface area contributed by atoms with Crippen LogP contribution in [0.5, 0.6) is 11.5 Å². The quantitative estimate of drug-likeness (QED) is 0.873. The summed E-state index contributed by atoms with van der Waals surface area (Å²) in [5.41, 5.74) is 1.45. The fourth-order valence-corrected chi connectivity index (χ4v) is 1.40. The fraction of sp³-hybridized carbons (Fsp3) is 0.0714. The van der Waals surface area contributed by atoms with Gasteiger partial charge in [0.2, 0.25) is 0 Å². The maximum atomic E-state index is 8.90. The van der Waals surface area contributed by atoms with Crippen molar-refractivity contribution >= 4 is 0 Å². The lowest BCUT2D eigenvalue weighted by Gasteiger charge is -2.05. The number of hydrogen-bond acceptors (Lipinski definition) is 3. The Balaban J connectivity index is 2.11. The molecule has 0 atom stereocenters. The standard InChI is InChI=1S/C14H11NO2/c15-9-11-1-5-13(6-2-11)17-14-7-3-12(10-16)4-8-14/h1-8,16H,10H2. The third-order valence-electron chi connectivity index (χ3n) is 2.33. The van der Waals surface area contributed by atoms with Gasteiger partial charge >= 0.3 is 0 Å². The highest BCUT2D eigenvalue weighted by atomic mass is 16.5. The van der Waals surface area contributed by atoms with Crippen molar-refractivity contribution in [1.29, 1.82) is 5.26 Å². The minimum atomic E-state index is 0.0249. The van der Waals surface area contributed by atoms with Crippen LogP contribution in [0.15, 0.2) is 48.5 Å². The lowest BCUT2D eigenvalue weighted by Crippen LogP contribution is -1.86. The van der Waals surface area contributed by atoms with E-state index in [2.05, 4.69) is 0 Å². The predicted octanol–water partition coefficient (Wildman–Crippen LogP) is 2.84. The molecule has 17 heavy (non-hydrogen) atoms. The van der Waals surface area contributed by atoms with Crippen molar-refractivity contribution in [2.75, 3.05) is 0 Å². The van der Waals surface area contributed by atoms with E-state index in [9.17, 15) is 0 Å². The number of aliphatic hydroxyl groups is 1. The van der Waals surface area contributed by atoms with Gasteiger partial charge in [-0.05, 0) is 42.0 Å². The van der Waals surface area contributed by atoms with Crippen LogP contribution in [-0.2, 0) is 6.61 Å². The van der Waals surface area contributed by atoms with Gasteiger partial charge in [-0.15, -0.1) is 0 Å². The van der Waals surface area contributed by atoms with Gasteiger partial charge in [-0.3, -0.25) is 0 Å². The highest BCUT2D eigenvalue weighted by Gasteiger charge is 1.98. The molecule has 2 rings (SSSR count). The summed E-state index contributed by atoms with van der Waals surface area (Å²) in [6, 6.07) is 16.2. The lowest BCUT2D eigenvalue weighted by atomic mass is 10.2. The fourth-order valence-electron chi connectivity index (χ4n) is 1.40. The van der Waals surface area contributed by atoms with Gasteiger partial charge in [-0.1, -0.05) is 12.1 Å². The molecule has 0 aliphatic rings. The van der Waals surface area contributed by atoms with E-state index in [1.807, 2.05) is 6.07 Å². The molecule has 2 aromatic rings. The first-order chi connectivity index (χ1) is 8.31. The second-order valence-electron chi connectivity index (χ2n) is 3.54. The van der Waals surface area contributed by atoms with Crippen molar-refractivity contribution in [3.05, 3.63) is 59.7 Å². The molecule has 3 nitrogen and oxygen atoms in total. The van der Waals surface area contributed by atoms with Crippen LogP contribution in [-0.4, -0.2) is 5.11 Å². The summed E-state index contributed by atoms with van der Waals surface area (Å²) < 4.78 is 5.59. The van der Waals surface area contributed by atoms with E-state index in [1.54, 1.807) is 48.5 Å². The van der Waals surface area contributed by atoms with Gasteiger partial charge in [0.15, 0.2) is 0 Å². The number of hydrogen-bond donors (Lipinski definition) is 1. The molecule has 0 amide bonds. The molecule has 0 bridgehead atoms. The first-order valence-corrected chi connectivity index (χ1v) is 5.19. The molecular weight excluding hydrogens is 214 g/mol. The highest BCUT2D eigenvalue weighted by molar-refractivity contribution is 5.37. The highest BCUT2D eigenvalue weighted by Crippen LogP contribution is 2.21. The van der Waals surface area contributed by atoms with Crippen LogP contribution < -0.4 is 4.74 Å². The number of ether oxygens (including phenoxy) is 1. The van der Waals surface area contributed by atoms with E-state index in [1.165, 1.54) is 0 Å². The molecule has 0 unspecified atom stereocenters. The summed E-state index contributed by atoms with van der Waals surface area (Å²) in [5, 5.41) is 17.6. The summed E-state index contributed by atoms with van der Waals surface area (Å²) in [4.78, 5) is 0. The van der Waals surface area contributed by atoms with E-state index in [-0.39, 0.29) is 6.61 Å². The van der Waals surface area contributed by atoms with Crippen LogP contribution in [0.1, 0.15) is 11.1 Å². The molecule has 0 fully saturated rings. The van der Waals surface area contributed by atoms with Crippen molar-refractivity contribution in [2.24, 2.45) is 0 Å². The molecule has 1 N–H and O–H groups in total. The molecular formula is C14H11NO2. The summed E-state index contributed by atoms with van der Waals surface area (Å²) in [5.74, 6) is 1.38. The Hall–Kier alpha value is -2.31. The van der Waals surface area contributed by atoms with Crippen molar-refractivity contribution in [2.45, 2.75) is 6.61 Å².